The number of hydrogen-bond acceptors (Lipinski definition) is 6. The molecule has 2 saturated heterocycles. The summed E-state index contributed by atoms with van der Waals surface area (Å²) in [5.41, 5.74) is 2.20. The van der Waals surface area contributed by atoms with Crippen molar-refractivity contribution in [3.8, 4) is 5.75 Å². The first kappa shape index (κ1) is 20.0. The zero-order valence-corrected chi connectivity index (χ0v) is 17.1. The maximum atomic E-state index is 13.4. The number of nitro benzene ring substituents is 1. The van der Waals surface area contributed by atoms with Crippen LogP contribution in [0.4, 0.5) is 17.1 Å². The standard InChI is InChI=1S/C22H26N4O4/c1-30-21-7-3-2-6-20(21)24-12-14-25(15-13-24)22(27)18-16-17(26(28)29)8-9-19(18)23-10-4-5-11-23/h2-3,6-9,16H,4-5,10-15H2,1H3. The molecule has 158 valence electrons. The summed E-state index contributed by atoms with van der Waals surface area (Å²) in [6, 6.07) is 12.5. The molecule has 2 aromatic carbocycles. The van der Waals surface area contributed by atoms with Gasteiger partial charge in [-0.05, 0) is 31.0 Å². The Bertz CT molecular complexity index is 934. The normalized spacial score (nSPS) is 16.6. The highest BCUT2D eigenvalue weighted by Crippen LogP contribution is 2.31. The average molecular weight is 410 g/mol. The minimum atomic E-state index is -0.440. The molecule has 0 spiro atoms. The third kappa shape index (κ3) is 3.90. The van der Waals surface area contributed by atoms with Crippen molar-refractivity contribution in [2.45, 2.75) is 12.8 Å². The summed E-state index contributed by atoms with van der Waals surface area (Å²) in [6.07, 6.45) is 2.14. The highest BCUT2D eigenvalue weighted by molar-refractivity contribution is 6.00. The van der Waals surface area contributed by atoms with Gasteiger partial charge in [-0.1, -0.05) is 12.1 Å². The summed E-state index contributed by atoms with van der Waals surface area (Å²) in [7, 11) is 1.65. The molecule has 2 aliphatic rings. The van der Waals surface area contributed by atoms with Crippen molar-refractivity contribution in [3.05, 3.63) is 58.1 Å². The molecule has 2 aliphatic heterocycles. The number of methoxy groups -OCH3 is 1. The first-order valence-electron chi connectivity index (χ1n) is 10.3. The number of amides is 1. The number of non-ortho nitro benzene ring substituents is 1. The van der Waals surface area contributed by atoms with Gasteiger partial charge in [0.05, 0.1) is 29.0 Å². The third-order valence-electron chi connectivity index (χ3n) is 5.86. The van der Waals surface area contributed by atoms with Crippen LogP contribution in [0.15, 0.2) is 42.5 Å². The molecule has 1 amide bonds. The molecule has 0 N–H and O–H groups in total. The van der Waals surface area contributed by atoms with E-state index in [1.807, 2.05) is 24.3 Å². The van der Waals surface area contributed by atoms with Crippen molar-refractivity contribution in [2.24, 2.45) is 0 Å². The summed E-state index contributed by atoms with van der Waals surface area (Å²) >= 11 is 0. The molecular formula is C22H26N4O4. The third-order valence-corrected chi connectivity index (χ3v) is 5.86. The van der Waals surface area contributed by atoms with Gasteiger partial charge in [-0.25, -0.2) is 0 Å². The number of nitrogens with zero attached hydrogens (tertiary/aromatic N) is 4. The molecule has 0 radical (unpaired) electrons. The van der Waals surface area contributed by atoms with Gasteiger partial charge in [-0.3, -0.25) is 14.9 Å². The molecule has 2 fully saturated rings. The summed E-state index contributed by atoms with van der Waals surface area (Å²) < 4.78 is 5.46. The second kappa shape index (κ2) is 8.61. The van der Waals surface area contributed by atoms with Gasteiger partial charge < -0.3 is 19.4 Å². The molecule has 8 heteroatoms. The van der Waals surface area contributed by atoms with Crippen LogP contribution in [0.1, 0.15) is 23.2 Å². The average Bonchev–Trinajstić information content (AvgIpc) is 3.33. The van der Waals surface area contributed by atoms with E-state index in [4.69, 9.17) is 4.74 Å². The van der Waals surface area contributed by atoms with Gasteiger partial charge in [0.1, 0.15) is 5.75 Å². The van der Waals surface area contributed by atoms with Crippen LogP contribution in [0.2, 0.25) is 0 Å². The van der Waals surface area contributed by atoms with E-state index in [9.17, 15) is 14.9 Å². The first-order chi connectivity index (χ1) is 14.6. The Balaban J connectivity index is 1.53. The van der Waals surface area contributed by atoms with E-state index in [2.05, 4.69) is 9.80 Å². The number of benzene rings is 2. The van der Waals surface area contributed by atoms with Crippen LogP contribution in [0, 0.1) is 10.1 Å². The van der Waals surface area contributed by atoms with Gasteiger partial charge in [0.25, 0.3) is 11.6 Å². The molecule has 4 rings (SSSR count). The number of carbonyl (C=O) groups excluding carboxylic acids is 1. The Morgan fingerprint density at radius 2 is 1.60 bits per heavy atom. The van der Waals surface area contributed by atoms with Gasteiger partial charge in [0.2, 0.25) is 0 Å². The van der Waals surface area contributed by atoms with Crippen molar-refractivity contribution in [1.82, 2.24) is 4.90 Å². The Kier molecular flexibility index (Phi) is 5.74. The van der Waals surface area contributed by atoms with Crippen LogP contribution >= 0.6 is 0 Å². The minimum Gasteiger partial charge on any atom is -0.495 e. The highest BCUT2D eigenvalue weighted by Gasteiger charge is 2.28. The number of hydrogen-bond donors (Lipinski definition) is 0. The fourth-order valence-corrected chi connectivity index (χ4v) is 4.25. The Morgan fingerprint density at radius 3 is 2.27 bits per heavy atom. The molecule has 0 saturated carbocycles. The molecule has 0 unspecified atom stereocenters. The van der Waals surface area contributed by atoms with Crippen LogP contribution in [0.5, 0.6) is 5.75 Å². The molecule has 0 bridgehead atoms. The van der Waals surface area contributed by atoms with Crippen molar-refractivity contribution >= 4 is 23.0 Å². The predicted molar refractivity (Wildman–Crippen MR) is 116 cm³/mol. The van der Waals surface area contributed by atoms with Gasteiger partial charge in [-0.2, -0.15) is 0 Å². The molecule has 2 aromatic rings. The SMILES string of the molecule is COc1ccccc1N1CCN(C(=O)c2cc([N+](=O)[O-])ccc2N2CCCC2)CC1. The molecule has 2 heterocycles. The van der Waals surface area contributed by atoms with Gasteiger partial charge >= 0.3 is 0 Å². The Labute approximate surface area is 175 Å². The fraction of sp³-hybridized carbons (Fsp3) is 0.409. The summed E-state index contributed by atoms with van der Waals surface area (Å²) in [5.74, 6) is 0.674. The number of anilines is 2. The van der Waals surface area contributed by atoms with Crippen LogP contribution in [0.3, 0.4) is 0 Å². The summed E-state index contributed by atoms with van der Waals surface area (Å²) in [6.45, 7) is 4.22. The largest absolute Gasteiger partial charge is 0.495 e. The van der Waals surface area contributed by atoms with E-state index in [0.29, 0.717) is 31.7 Å². The molecule has 0 atom stereocenters. The number of ether oxygens (including phenoxy) is 1. The van der Waals surface area contributed by atoms with Gasteiger partial charge in [-0.15, -0.1) is 0 Å². The lowest BCUT2D eigenvalue weighted by Gasteiger charge is -2.37. The second-order valence-corrected chi connectivity index (χ2v) is 7.60. The summed E-state index contributed by atoms with van der Waals surface area (Å²) in [4.78, 5) is 30.4. The van der Waals surface area contributed by atoms with E-state index in [1.165, 1.54) is 12.1 Å². The van der Waals surface area contributed by atoms with E-state index in [1.54, 1.807) is 18.1 Å². The molecule has 30 heavy (non-hydrogen) atoms. The zero-order chi connectivity index (χ0) is 21.1. The number of para-hydroxylation sites is 2. The summed E-state index contributed by atoms with van der Waals surface area (Å²) in [5, 5.41) is 11.3. The lowest BCUT2D eigenvalue weighted by Crippen LogP contribution is -2.49. The van der Waals surface area contributed by atoms with E-state index >= 15 is 0 Å². The van der Waals surface area contributed by atoms with Gasteiger partial charge in [0.15, 0.2) is 0 Å². The van der Waals surface area contributed by atoms with Crippen molar-refractivity contribution in [3.63, 3.8) is 0 Å². The second-order valence-electron chi connectivity index (χ2n) is 7.60. The van der Waals surface area contributed by atoms with E-state index in [-0.39, 0.29) is 11.6 Å². The number of piperazine rings is 1. The lowest BCUT2D eigenvalue weighted by atomic mass is 10.1. The quantitative estimate of drug-likeness (QED) is 0.557. The van der Waals surface area contributed by atoms with Crippen molar-refractivity contribution < 1.29 is 14.5 Å². The van der Waals surface area contributed by atoms with Gasteiger partial charge in [0, 0.05) is 51.4 Å². The number of rotatable bonds is 5. The maximum Gasteiger partial charge on any atom is 0.270 e. The molecule has 0 aromatic heterocycles. The van der Waals surface area contributed by atoms with Crippen LogP contribution in [0.25, 0.3) is 0 Å². The first-order valence-corrected chi connectivity index (χ1v) is 10.3. The predicted octanol–water partition coefficient (Wildman–Crippen LogP) is 3.17. The van der Waals surface area contributed by atoms with E-state index in [0.717, 1.165) is 43.1 Å². The van der Waals surface area contributed by atoms with Crippen molar-refractivity contribution in [1.29, 1.82) is 0 Å². The molecular weight excluding hydrogens is 384 g/mol. The smallest absolute Gasteiger partial charge is 0.270 e. The number of carbonyl (C=O) groups is 1. The topological polar surface area (TPSA) is 79.2 Å². The monoisotopic (exact) mass is 410 g/mol. The zero-order valence-electron chi connectivity index (χ0n) is 17.1. The minimum absolute atomic E-state index is 0.0473. The Hall–Kier alpha value is -3.29. The lowest BCUT2D eigenvalue weighted by molar-refractivity contribution is -0.384. The van der Waals surface area contributed by atoms with Crippen molar-refractivity contribution in [2.75, 3.05) is 56.2 Å². The highest BCUT2D eigenvalue weighted by atomic mass is 16.6. The molecule has 8 nitrogen and oxygen atoms in total. The Morgan fingerprint density at radius 1 is 0.933 bits per heavy atom. The fourth-order valence-electron chi connectivity index (χ4n) is 4.25. The maximum absolute atomic E-state index is 13.4. The van der Waals surface area contributed by atoms with Crippen LogP contribution in [-0.2, 0) is 0 Å². The molecule has 0 aliphatic carbocycles. The van der Waals surface area contributed by atoms with Crippen LogP contribution < -0.4 is 14.5 Å². The number of nitro groups is 1. The van der Waals surface area contributed by atoms with Crippen LogP contribution in [-0.4, -0.2) is 62.1 Å². The van der Waals surface area contributed by atoms with E-state index < -0.39 is 4.92 Å².